The fourth-order valence-electron chi connectivity index (χ4n) is 3.42. The van der Waals surface area contributed by atoms with Crippen LogP contribution in [0.3, 0.4) is 0 Å². The molecule has 2 aromatic carbocycles. The van der Waals surface area contributed by atoms with Crippen LogP contribution in [-0.4, -0.2) is 25.1 Å². The molecule has 0 bridgehead atoms. The summed E-state index contributed by atoms with van der Waals surface area (Å²) in [5.74, 6) is 6.20. The van der Waals surface area contributed by atoms with Crippen molar-refractivity contribution in [2.75, 3.05) is 11.2 Å². The minimum absolute atomic E-state index is 0.240. The van der Waals surface area contributed by atoms with Gasteiger partial charge in [-0.3, -0.25) is 10.5 Å². The number of H-pyrrole nitrogens is 2. The van der Waals surface area contributed by atoms with Crippen molar-refractivity contribution in [2.45, 2.75) is 0 Å². The van der Waals surface area contributed by atoms with Gasteiger partial charge in [0, 0.05) is 21.5 Å². The molecule has 5 aromatic rings. The van der Waals surface area contributed by atoms with Crippen molar-refractivity contribution in [3.8, 4) is 22.5 Å². The van der Waals surface area contributed by atoms with Crippen molar-refractivity contribution in [3.05, 3.63) is 53.6 Å². The van der Waals surface area contributed by atoms with E-state index in [1.165, 1.54) is 0 Å². The van der Waals surface area contributed by atoms with Gasteiger partial charge in [0.25, 0.3) is 0 Å². The molecular formula is C19H15ClN8. The van der Waals surface area contributed by atoms with Crippen LogP contribution in [-0.2, 0) is 0 Å². The van der Waals surface area contributed by atoms with E-state index in [1.807, 2.05) is 48.5 Å². The van der Waals surface area contributed by atoms with E-state index in [1.54, 1.807) is 0 Å². The summed E-state index contributed by atoms with van der Waals surface area (Å²) in [7, 11) is 0. The number of anilines is 2. The summed E-state index contributed by atoms with van der Waals surface area (Å²) in [5.41, 5.74) is 13.3. The van der Waals surface area contributed by atoms with Crippen LogP contribution in [0.1, 0.15) is 0 Å². The van der Waals surface area contributed by atoms with Crippen molar-refractivity contribution in [1.82, 2.24) is 25.1 Å². The first-order chi connectivity index (χ1) is 13.7. The highest BCUT2D eigenvalue weighted by Gasteiger charge is 2.22. The summed E-state index contributed by atoms with van der Waals surface area (Å²) in [6.45, 7) is 0. The number of nitrogens with two attached hydrogens (primary N) is 2. The molecule has 9 heteroatoms. The highest BCUT2D eigenvalue weighted by Crippen LogP contribution is 2.42. The lowest BCUT2D eigenvalue weighted by Gasteiger charge is -2.08. The number of hydrogen-bond acceptors (Lipinski definition) is 6. The molecule has 0 spiro atoms. The van der Waals surface area contributed by atoms with Crippen molar-refractivity contribution in [2.24, 2.45) is 5.84 Å². The van der Waals surface area contributed by atoms with Gasteiger partial charge in [-0.2, -0.15) is 10.1 Å². The zero-order chi connectivity index (χ0) is 19.3. The van der Waals surface area contributed by atoms with Crippen molar-refractivity contribution in [1.29, 1.82) is 0 Å². The maximum absolute atomic E-state index is 6.30. The molecule has 0 amide bonds. The smallest absolute Gasteiger partial charge is 0.239 e. The Labute approximate surface area is 163 Å². The number of nitrogens with one attached hydrogen (secondary N) is 3. The Hall–Kier alpha value is -3.62. The van der Waals surface area contributed by atoms with Crippen molar-refractivity contribution < 1.29 is 0 Å². The second-order valence-corrected chi connectivity index (χ2v) is 6.74. The fourth-order valence-corrected chi connectivity index (χ4v) is 3.60. The fraction of sp³-hybridized carbons (Fsp3) is 0. The number of halogens is 1. The van der Waals surface area contributed by atoms with Crippen LogP contribution < -0.4 is 17.0 Å². The number of hydrazine groups is 1. The highest BCUT2D eigenvalue weighted by atomic mass is 35.5. The molecule has 5 rings (SSSR count). The van der Waals surface area contributed by atoms with Gasteiger partial charge in [0.05, 0.1) is 16.8 Å². The summed E-state index contributed by atoms with van der Waals surface area (Å²) < 4.78 is 0. The Balaban J connectivity index is 1.95. The average Bonchev–Trinajstić information content (AvgIpc) is 3.28. The Morgan fingerprint density at radius 2 is 1.86 bits per heavy atom. The molecule has 0 unspecified atom stereocenters. The molecule has 0 fully saturated rings. The predicted molar refractivity (Wildman–Crippen MR) is 112 cm³/mol. The first-order valence-electron chi connectivity index (χ1n) is 8.51. The van der Waals surface area contributed by atoms with Gasteiger partial charge in [0.2, 0.25) is 5.95 Å². The van der Waals surface area contributed by atoms with Crippen molar-refractivity contribution >= 4 is 45.3 Å². The van der Waals surface area contributed by atoms with Crippen LogP contribution in [0.4, 0.5) is 11.8 Å². The zero-order valence-corrected chi connectivity index (χ0v) is 15.2. The molecule has 0 radical (unpaired) electrons. The topological polar surface area (TPSA) is 134 Å². The Kier molecular flexibility index (Phi) is 3.68. The lowest BCUT2D eigenvalue weighted by molar-refractivity contribution is 1.08. The van der Waals surface area contributed by atoms with E-state index in [-0.39, 0.29) is 5.95 Å². The molecule has 8 nitrogen and oxygen atoms in total. The molecule has 138 valence electrons. The van der Waals surface area contributed by atoms with Crippen LogP contribution in [0.25, 0.3) is 44.5 Å². The molecule has 0 aliphatic carbocycles. The van der Waals surface area contributed by atoms with Crippen LogP contribution in [0.2, 0.25) is 5.02 Å². The molecule has 28 heavy (non-hydrogen) atoms. The van der Waals surface area contributed by atoms with E-state index in [0.29, 0.717) is 27.6 Å². The van der Waals surface area contributed by atoms with E-state index in [9.17, 15) is 0 Å². The SMILES string of the molecule is NNc1nc(-c2c(-c3ccccc3)[nH]c3ccc(Cl)cc23)c2c(N)[nH]nc2n1. The third kappa shape index (κ3) is 2.47. The summed E-state index contributed by atoms with van der Waals surface area (Å²) in [5, 5.41) is 9.09. The van der Waals surface area contributed by atoms with Gasteiger partial charge >= 0.3 is 0 Å². The largest absolute Gasteiger partial charge is 0.383 e. The van der Waals surface area contributed by atoms with Gasteiger partial charge in [-0.25, -0.2) is 10.8 Å². The van der Waals surface area contributed by atoms with E-state index in [4.69, 9.17) is 23.2 Å². The molecule has 0 saturated carbocycles. The lowest BCUT2D eigenvalue weighted by atomic mass is 10.0. The zero-order valence-electron chi connectivity index (χ0n) is 14.5. The first kappa shape index (κ1) is 16.5. The van der Waals surface area contributed by atoms with Gasteiger partial charge in [0.1, 0.15) is 5.82 Å². The molecule has 3 heterocycles. The number of aromatic amines is 2. The Bertz CT molecular complexity index is 1320. The monoisotopic (exact) mass is 390 g/mol. The van der Waals surface area contributed by atoms with Crippen LogP contribution in [0.15, 0.2) is 48.5 Å². The van der Waals surface area contributed by atoms with E-state index >= 15 is 0 Å². The number of nitrogen functional groups attached to an aromatic ring is 2. The van der Waals surface area contributed by atoms with E-state index in [2.05, 4.69) is 30.6 Å². The van der Waals surface area contributed by atoms with E-state index < -0.39 is 0 Å². The van der Waals surface area contributed by atoms with E-state index in [0.717, 1.165) is 27.7 Å². The van der Waals surface area contributed by atoms with Gasteiger partial charge in [-0.05, 0) is 23.8 Å². The molecule has 7 N–H and O–H groups in total. The van der Waals surface area contributed by atoms with Crippen molar-refractivity contribution in [3.63, 3.8) is 0 Å². The number of benzene rings is 2. The maximum atomic E-state index is 6.30. The van der Waals surface area contributed by atoms with Crippen LogP contribution in [0, 0.1) is 0 Å². The number of nitrogens with zero attached hydrogens (tertiary/aromatic N) is 3. The summed E-state index contributed by atoms with van der Waals surface area (Å²) in [6, 6.07) is 15.6. The quantitative estimate of drug-likeness (QED) is 0.235. The predicted octanol–water partition coefficient (Wildman–Crippen LogP) is 3.69. The normalized spacial score (nSPS) is 11.4. The summed E-state index contributed by atoms with van der Waals surface area (Å²) in [4.78, 5) is 12.4. The third-order valence-electron chi connectivity index (χ3n) is 4.63. The third-order valence-corrected chi connectivity index (χ3v) is 4.87. The molecule has 0 atom stereocenters. The number of hydrogen-bond donors (Lipinski definition) is 5. The highest BCUT2D eigenvalue weighted by molar-refractivity contribution is 6.31. The van der Waals surface area contributed by atoms with Gasteiger partial charge in [-0.1, -0.05) is 41.9 Å². The molecule has 0 aliphatic heterocycles. The summed E-state index contributed by atoms with van der Waals surface area (Å²) >= 11 is 6.30. The standard InChI is InChI=1S/C19H15ClN8/c20-10-6-7-12-11(8-10)13(15(23-12)9-4-2-1-3-5-9)16-14-17(21)27-28-18(14)25-19(24-16)26-22/h1-8,23H,22H2,(H4,21,24,25,26,27,28). The van der Waals surface area contributed by atoms with Gasteiger partial charge < -0.3 is 10.7 Å². The maximum Gasteiger partial charge on any atom is 0.239 e. The minimum atomic E-state index is 0.240. The average molecular weight is 391 g/mol. The number of aromatic nitrogens is 5. The summed E-state index contributed by atoms with van der Waals surface area (Å²) in [6.07, 6.45) is 0. The number of rotatable bonds is 3. The second-order valence-electron chi connectivity index (χ2n) is 6.31. The first-order valence-corrected chi connectivity index (χ1v) is 8.88. The second kappa shape index (κ2) is 6.22. The molecule has 0 saturated heterocycles. The minimum Gasteiger partial charge on any atom is -0.383 e. The Morgan fingerprint density at radius 3 is 2.64 bits per heavy atom. The van der Waals surface area contributed by atoms with Gasteiger partial charge in [-0.15, -0.1) is 0 Å². The number of fused-ring (bicyclic) bond motifs is 2. The lowest BCUT2D eigenvalue weighted by Crippen LogP contribution is -2.11. The van der Waals surface area contributed by atoms with Gasteiger partial charge in [0.15, 0.2) is 5.65 Å². The van der Waals surface area contributed by atoms with Crippen LogP contribution in [0.5, 0.6) is 0 Å². The Morgan fingerprint density at radius 1 is 1.04 bits per heavy atom. The van der Waals surface area contributed by atoms with Crippen LogP contribution >= 0.6 is 11.6 Å². The molecule has 3 aromatic heterocycles. The molecule has 0 aliphatic rings. The molecular weight excluding hydrogens is 376 g/mol.